The van der Waals surface area contributed by atoms with Gasteiger partial charge < -0.3 is 28.8 Å². The van der Waals surface area contributed by atoms with E-state index in [4.69, 9.17) is 9.05 Å². The minimum absolute atomic E-state index is 0.000437. The van der Waals surface area contributed by atoms with Crippen LogP contribution >= 0.6 is 7.82 Å². The molecule has 0 aromatic heterocycles. The highest BCUT2D eigenvalue weighted by molar-refractivity contribution is 7.45. The Hall–Kier alpha value is -3.10. The fourth-order valence-electron chi connectivity index (χ4n) is 6.48. The monoisotopic (exact) mass is 923 g/mol. The van der Waals surface area contributed by atoms with Crippen LogP contribution in [0.15, 0.2) is 122 Å². The predicted molar refractivity (Wildman–Crippen MR) is 279 cm³/mol. The molecular formula is C56H95N2O6P. The third kappa shape index (κ3) is 48.6. The van der Waals surface area contributed by atoms with Gasteiger partial charge in [0.25, 0.3) is 7.82 Å². The zero-order valence-electron chi connectivity index (χ0n) is 41.9. The lowest BCUT2D eigenvalue weighted by molar-refractivity contribution is -0.870. The van der Waals surface area contributed by atoms with Crippen molar-refractivity contribution in [1.29, 1.82) is 0 Å². The first-order valence-electron chi connectivity index (χ1n) is 25.4. The number of nitrogens with one attached hydrogen (secondary N) is 1. The van der Waals surface area contributed by atoms with E-state index in [9.17, 15) is 19.4 Å². The molecular weight excluding hydrogens is 828 g/mol. The van der Waals surface area contributed by atoms with Crippen molar-refractivity contribution in [3.8, 4) is 0 Å². The van der Waals surface area contributed by atoms with Crippen LogP contribution < -0.4 is 10.2 Å². The number of hydrogen-bond donors (Lipinski definition) is 2. The molecule has 0 aromatic rings. The van der Waals surface area contributed by atoms with Gasteiger partial charge in [0.2, 0.25) is 5.91 Å². The number of hydrogen-bond acceptors (Lipinski definition) is 6. The van der Waals surface area contributed by atoms with Crippen molar-refractivity contribution in [2.24, 2.45) is 0 Å². The summed E-state index contributed by atoms with van der Waals surface area (Å²) in [6.45, 7) is 4.51. The highest BCUT2D eigenvalue weighted by atomic mass is 31.2. The largest absolute Gasteiger partial charge is 0.756 e. The zero-order valence-corrected chi connectivity index (χ0v) is 42.8. The molecule has 370 valence electrons. The number of nitrogens with zero attached hydrogens (tertiary/aromatic N) is 1. The molecule has 3 unspecified atom stereocenters. The Kier molecular flexibility index (Phi) is 43.8. The molecule has 0 heterocycles. The molecule has 1 amide bonds. The van der Waals surface area contributed by atoms with E-state index in [0.29, 0.717) is 23.9 Å². The van der Waals surface area contributed by atoms with Gasteiger partial charge in [0.15, 0.2) is 0 Å². The number of likely N-dealkylation sites (N-methyl/N-ethyl adjacent to an activating group) is 1. The average molecular weight is 923 g/mol. The molecule has 2 N–H and O–H groups in total. The first-order valence-corrected chi connectivity index (χ1v) is 26.8. The van der Waals surface area contributed by atoms with Crippen molar-refractivity contribution in [2.75, 3.05) is 40.9 Å². The van der Waals surface area contributed by atoms with Crippen molar-refractivity contribution in [2.45, 2.75) is 187 Å². The van der Waals surface area contributed by atoms with Crippen LogP contribution in [0.5, 0.6) is 0 Å². The third-order valence-electron chi connectivity index (χ3n) is 10.5. The quantitative estimate of drug-likeness (QED) is 0.0273. The fraction of sp³-hybridized carbons (Fsp3) is 0.625. The molecule has 0 aliphatic heterocycles. The predicted octanol–water partition coefficient (Wildman–Crippen LogP) is 14.4. The summed E-state index contributed by atoms with van der Waals surface area (Å²) < 4.78 is 23.2. The molecule has 0 saturated heterocycles. The van der Waals surface area contributed by atoms with Gasteiger partial charge >= 0.3 is 0 Å². The summed E-state index contributed by atoms with van der Waals surface area (Å²) in [5.74, 6) is -0.199. The topological polar surface area (TPSA) is 108 Å². The summed E-state index contributed by atoms with van der Waals surface area (Å²) in [7, 11) is 1.26. The van der Waals surface area contributed by atoms with Crippen LogP contribution in [0.1, 0.15) is 174 Å². The van der Waals surface area contributed by atoms with Gasteiger partial charge in [-0.25, -0.2) is 0 Å². The molecule has 65 heavy (non-hydrogen) atoms. The second-order valence-electron chi connectivity index (χ2n) is 17.8. The summed E-state index contributed by atoms with van der Waals surface area (Å²) in [6, 6.07) is -0.821. The second-order valence-corrected chi connectivity index (χ2v) is 19.2. The molecule has 0 aromatic carbocycles. The standard InChI is InChI=1S/C56H95N2O6P/c1-6-8-10-12-14-16-17-18-19-20-21-22-23-24-25-26-27-28-29-30-31-32-33-34-35-36-37-38-39-40-41-42-44-46-48-50-56(60)57-54(53-64-65(61,62)63-52-51-58(3,4)5)55(59)49-47-45-43-15-13-11-9-7-2/h8,10,14,16,18-19,21-22,24-25,27-28,30-31,33-34,36-37,39-40,54-55,59H,6-7,9,11-13,15,17,20,23,26,29,32,35,38,41-53H2,1-5H3,(H-,57,60,61,62)/b10-8-,16-14-,19-18-,22-21-,25-24-,28-27-,31-30-,34-33-,37-36-,40-39-. The summed E-state index contributed by atoms with van der Waals surface area (Å²) >= 11 is 0. The summed E-state index contributed by atoms with van der Waals surface area (Å²) in [4.78, 5) is 25.3. The van der Waals surface area contributed by atoms with Crippen LogP contribution in [0.3, 0.4) is 0 Å². The van der Waals surface area contributed by atoms with Crippen LogP contribution in [0.2, 0.25) is 0 Å². The Morgan fingerprint density at radius 1 is 0.554 bits per heavy atom. The Balaban J connectivity index is 4.16. The first kappa shape index (κ1) is 61.9. The van der Waals surface area contributed by atoms with E-state index >= 15 is 0 Å². The lowest BCUT2D eigenvalue weighted by Gasteiger charge is -2.30. The molecule has 0 spiro atoms. The SMILES string of the molecule is CC/C=C\C/C=C\C/C=C\C/C=C\C/C=C\C/C=C\C/C=C\C/C=C\C/C=C\C/C=C\CCCCCCC(=O)NC(COP(=O)([O-])OCC[N+](C)(C)C)C(O)CCCCCCCCCC. The van der Waals surface area contributed by atoms with E-state index in [1.165, 1.54) is 32.1 Å². The number of aliphatic hydroxyl groups is 1. The smallest absolute Gasteiger partial charge is 0.268 e. The van der Waals surface area contributed by atoms with Crippen LogP contribution in [-0.2, 0) is 18.4 Å². The molecule has 9 heteroatoms. The number of quaternary nitrogens is 1. The van der Waals surface area contributed by atoms with Crippen LogP contribution in [-0.4, -0.2) is 68.5 Å². The normalized spacial score (nSPS) is 15.1. The molecule has 8 nitrogen and oxygen atoms in total. The van der Waals surface area contributed by atoms with Crippen molar-refractivity contribution in [3.05, 3.63) is 122 Å². The van der Waals surface area contributed by atoms with Crippen molar-refractivity contribution in [3.63, 3.8) is 0 Å². The van der Waals surface area contributed by atoms with Gasteiger partial charge in [-0.15, -0.1) is 0 Å². The van der Waals surface area contributed by atoms with Crippen molar-refractivity contribution >= 4 is 13.7 Å². The molecule has 0 bridgehead atoms. The molecule has 0 rings (SSSR count). The lowest BCUT2D eigenvalue weighted by Crippen LogP contribution is -2.46. The fourth-order valence-corrected chi connectivity index (χ4v) is 7.20. The number of carbonyl (C=O) groups is 1. The number of phosphoric acid groups is 1. The van der Waals surface area contributed by atoms with E-state index < -0.39 is 20.0 Å². The van der Waals surface area contributed by atoms with Crippen LogP contribution in [0.25, 0.3) is 0 Å². The Morgan fingerprint density at radius 2 is 0.938 bits per heavy atom. The van der Waals surface area contributed by atoms with E-state index in [0.717, 1.165) is 116 Å². The maximum atomic E-state index is 12.9. The van der Waals surface area contributed by atoms with Gasteiger partial charge in [0.1, 0.15) is 13.2 Å². The van der Waals surface area contributed by atoms with Crippen molar-refractivity contribution < 1.29 is 32.9 Å². The van der Waals surface area contributed by atoms with Gasteiger partial charge in [-0.1, -0.05) is 200 Å². The van der Waals surface area contributed by atoms with Crippen LogP contribution in [0.4, 0.5) is 0 Å². The number of carbonyl (C=O) groups excluding carboxylic acids is 1. The van der Waals surface area contributed by atoms with Gasteiger partial charge in [0, 0.05) is 6.42 Å². The summed E-state index contributed by atoms with van der Waals surface area (Å²) in [5.41, 5.74) is 0. The summed E-state index contributed by atoms with van der Waals surface area (Å²) in [6.07, 6.45) is 68.1. The minimum atomic E-state index is -4.57. The molecule has 0 saturated carbocycles. The van der Waals surface area contributed by atoms with Crippen molar-refractivity contribution in [1.82, 2.24) is 5.32 Å². The number of rotatable bonds is 44. The van der Waals surface area contributed by atoms with E-state index in [-0.39, 0.29) is 19.1 Å². The Labute approximate surface area is 399 Å². The number of allylic oxidation sites excluding steroid dienone is 20. The number of aliphatic hydroxyl groups excluding tert-OH is 1. The molecule has 0 aliphatic rings. The maximum Gasteiger partial charge on any atom is 0.268 e. The number of phosphoric ester groups is 1. The summed E-state index contributed by atoms with van der Waals surface area (Å²) in [5, 5.41) is 13.8. The first-order chi connectivity index (χ1) is 31.5. The average Bonchev–Trinajstić information content (AvgIpc) is 3.26. The highest BCUT2D eigenvalue weighted by Crippen LogP contribution is 2.38. The van der Waals surface area contributed by atoms with Gasteiger partial charge in [-0.3, -0.25) is 9.36 Å². The van der Waals surface area contributed by atoms with E-state index in [2.05, 4.69) is 141 Å². The second kappa shape index (κ2) is 46.0. The van der Waals surface area contributed by atoms with E-state index in [1.807, 2.05) is 21.1 Å². The Bertz CT molecular complexity index is 1460. The molecule has 0 radical (unpaired) electrons. The zero-order chi connectivity index (χ0) is 47.8. The molecule has 0 aliphatic carbocycles. The Morgan fingerprint density at radius 3 is 1.37 bits per heavy atom. The maximum absolute atomic E-state index is 12.9. The van der Waals surface area contributed by atoms with Gasteiger partial charge in [0.05, 0.1) is 39.9 Å². The lowest BCUT2D eigenvalue weighted by atomic mass is 10.0. The number of amides is 1. The number of unbranched alkanes of at least 4 members (excludes halogenated alkanes) is 11. The third-order valence-corrected chi connectivity index (χ3v) is 11.4. The van der Waals surface area contributed by atoms with E-state index in [1.54, 1.807) is 0 Å². The highest BCUT2D eigenvalue weighted by Gasteiger charge is 2.24. The molecule has 3 atom stereocenters. The molecule has 0 fully saturated rings. The van der Waals surface area contributed by atoms with Crippen LogP contribution in [0, 0.1) is 0 Å². The van der Waals surface area contributed by atoms with Gasteiger partial charge in [-0.05, 0) is 89.9 Å². The minimum Gasteiger partial charge on any atom is -0.756 e. The van der Waals surface area contributed by atoms with Gasteiger partial charge in [-0.2, -0.15) is 0 Å².